The predicted octanol–water partition coefficient (Wildman–Crippen LogP) is 6.54. The van der Waals surface area contributed by atoms with Gasteiger partial charge < -0.3 is 0 Å². The first kappa shape index (κ1) is 22.9. The third-order valence-corrected chi connectivity index (χ3v) is 7.26. The second-order valence-corrected chi connectivity index (χ2v) is 9.63. The Morgan fingerprint density at radius 1 is 1.07 bits per heavy atom. The second-order valence-electron chi connectivity index (χ2n) is 7.52. The third kappa shape index (κ3) is 6.38. The van der Waals surface area contributed by atoms with Crippen LogP contribution in [0.3, 0.4) is 0 Å². The van der Waals surface area contributed by atoms with Crippen LogP contribution in [0, 0.1) is 0 Å². The van der Waals surface area contributed by atoms with E-state index in [4.69, 9.17) is 0 Å². The smallest absolute Gasteiger partial charge is 0.293 e. The van der Waals surface area contributed by atoms with Crippen LogP contribution >= 0.6 is 23.5 Å². The summed E-state index contributed by atoms with van der Waals surface area (Å²) in [4.78, 5) is 31.1. The van der Waals surface area contributed by atoms with Crippen molar-refractivity contribution in [3.05, 3.63) is 41.6 Å². The quantitative estimate of drug-likeness (QED) is 0.199. The molecule has 0 N–H and O–H groups in total. The molecule has 162 valence electrons. The molecule has 3 rings (SSSR count). The van der Waals surface area contributed by atoms with Gasteiger partial charge in [-0.25, -0.2) is 4.98 Å². The molecule has 1 aliphatic rings. The molecule has 7 heteroatoms. The number of hydrogen-bond acceptors (Lipinski definition) is 5. The van der Waals surface area contributed by atoms with Crippen molar-refractivity contribution in [1.82, 2.24) is 14.3 Å². The number of imidazole rings is 1. The fourth-order valence-electron chi connectivity index (χ4n) is 3.48. The van der Waals surface area contributed by atoms with Crippen LogP contribution in [0.1, 0.15) is 64.7 Å². The molecule has 0 atom stereocenters. The first-order valence-corrected chi connectivity index (χ1v) is 12.8. The summed E-state index contributed by atoms with van der Waals surface area (Å²) in [5, 5.41) is 1.04. The van der Waals surface area contributed by atoms with E-state index in [0.717, 1.165) is 53.9 Å². The molecule has 2 aromatic heterocycles. The number of amides is 2. The molecule has 30 heavy (non-hydrogen) atoms. The number of rotatable bonds is 13. The van der Waals surface area contributed by atoms with Gasteiger partial charge in [0, 0.05) is 18.9 Å². The van der Waals surface area contributed by atoms with Gasteiger partial charge in [-0.1, -0.05) is 51.2 Å². The van der Waals surface area contributed by atoms with Gasteiger partial charge in [-0.3, -0.25) is 18.9 Å². The van der Waals surface area contributed by atoms with E-state index < -0.39 is 0 Å². The normalized spacial score (nSPS) is 15.8. The number of hydrogen-bond donors (Lipinski definition) is 0. The molecule has 3 heterocycles. The molecular weight excluding hydrogens is 414 g/mol. The van der Waals surface area contributed by atoms with E-state index in [-0.39, 0.29) is 11.1 Å². The minimum Gasteiger partial charge on any atom is -0.294 e. The topological polar surface area (TPSA) is 54.7 Å². The zero-order valence-electron chi connectivity index (χ0n) is 17.7. The van der Waals surface area contributed by atoms with Crippen molar-refractivity contribution in [2.24, 2.45) is 0 Å². The zero-order chi connectivity index (χ0) is 21.2. The SMILES string of the molecule is CCCCCCCC/C=C1/SC(=O)N(CCCCSc2cccc3nccn23)C1=O. The highest BCUT2D eigenvalue weighted by molar-refractivity contribution is 8.18. The van der Waals surface area contributed by atoms with Gasteiger partial charge in [-0.15, -0.1) is 11.8 Å². The van der Waals surface area contributed by atoms with Crippen LogP contribution in [0.5, 0.6) is 0 Å². The molecule has 2 aromatic rings. The number of thioether (sulfide) groups is 2. The summed E-state index contributed by atoms with van der Waals surface area (Å²) >= 11 is 2.88. The molecule has 2 amide bonds. The first-order valence-electron chi connectivity index (χ1n) is 11.0. The second kappa shape index (κ2) is 12.2. The lowest BCUT2D eigenvalue weighted by atomic mass is 10.1. The fourth-order valence-corrected chi connectivity index (χ4v) is 5.37. The van der Waals surface area contributed by atoms with Crippen molar-refractivity contribution in [3.8, 4) is 0 Å². The van der Waals surface area contributed by atoms with E-state index in [1.165, 1.54) is 37.0 Å². The Morgan fingerprint density at radius 2 is 1.90 bits per heavy atom. The van der Waals surface area contributed by atoms with Gasteiger partial charge in [-0.2, -0.15) is 0 Å². The predicted molar refractivity (Wildman–Crippen MR) is 126 cm³/mol. The number of carbonyl (C=O) groups excluding carboxylic acids is 2. The molecule has 0 spiro atoms. The summed E-state index contributed by atoms with van der Waals surface area (Å²) in [5.74, 6) is 0.841. The van der Waals surface area contributed by atoms with E-state index in [9.17, 15) is 9.59 Å². The van der Waals surface area contributed by atoms with E-state index in [1.54, 1.807) is 18.0 Å². The molecule has 0 saturated carbocycles. The molecule has 1 saturated heterocycles. The van der Waals surface area contributed by atoms with Gasteiger partial charge in [0.25, 0.3) is 11.1 Å². The Bertz CT molecular complexity index is 878. The Kier molecular flexibility index (Phi) is 9.33. The van der Waals surface area contributed by atoms with Crippen LogP contribution in [0.15, 0.2) is 46.6 Å². The Labute approximate surface area is 187 Å². The van der Waals surface area contributed by atoms with Crippen LogP contribution in [-0.4, -0.2) is 37.7 Å². The number of nitrogens with zero attached hydrogens (tertiary/aromatic N) is 3. The number of carbonyl (C=O) groups is 2. The molecule has 0 bridgehead atoms. The van der Waals surface area contributed by atoms with Gasteiger partial charge in [-0.05, 0) is 55.3 Å². The summed E-state index contributed by atoms with van der Waals surface area (Å²) in [5.41, 5.74) is 0.950. The van der Waals surface area contributed by atoms with E-state index in [2.05, 4.69) is 22.4 Å². The van der Waals surface area contributed by atoms with Gasteiger partial charge >= 0.3 is 0 Å². The van der Waals surface area contributed by atoms with E-state index >= 15 is 0 Å². The third-order valence-electron chi connectivity index (χ3n) is 5.18. The lowest BCUT2D eigenvalue weighted by Gasteiger charge is -2.12. The van der Waals surface area contributed by atoms with Crippen molar-refractivity contribution >= 4 is 40.3 Å². The molecule has 1 fully saturated rings. The zero-order valence-corrected chi connectivity index (χ0v) is 19.3. The number of allylic oxidation sites excluding steroid dienone is 1. The highest BCUT2D eigenvalue weighted by Gasteiger charge is 2.34. The van der Waals surface area contributed by atoms with Crippen LogP contribution in [0.25, 0.3) is 5.65 Å². The van der Waals surface area contributed by atoms with Crippen LogP contribution in [0.2, 0.25) is 0 Å². The average Bonchev–Trinajstić information content (AvgIpc) is 3.33. The summed E-state index contributed by atoms with van der Waals surface area (Å²) in [7, 11) is 0. The highest BCUT2D eigenvalue weighted by Crippen LogP contribution is 2.31. The van der Waals surface area contributed by atoms with Crippen molar-refractivity contribution in [2.45, 2.75) is 69.7 Å². The minimum absolute atomic E-state index is 0.105. The molecule has 0 radical (unpaired) electrons. The van der Waals surface area contributed by atoms with Crippen LogP contribution in [-0.2, 0) is 4.79 Å². The van der Waals surface area contributed by atoms with Crippen molar-refractivity contribution in [3.63, 3.8) is 0 Å². The standard InChI is InChI=1S/C23H31N3O2S2/c1-2-3-4-5-6-7-8-12-19-22(27)26(23(28)30-19)16-9-10-18-29-21-14-11-13-20-24-15-17-25(20)21/h11-15,17H,2-10,16,18H2,1H3/b19-12+. The van der Waals surface area contributed by atoms with E-state index in [0.29, 0.717) is 11.4 Å². The van der Waals surface area contributed by atoms with Crippen LogP contribution < -0.4 is 0 Å². The van der Waals surface area contributed by atoms with Crippen molar-refractivity contribution < 1.29 is 9.59 Å². The average molecular weight is 446 g/mol. The molecule has 0 aromatic carbocycles. The maximum atomic E-state index is 12.5. The summed E-state index contributed by atoms with van der Waals surface area (Å²) < 4.78 is 2.08. The molecule has 0 aliphatic carbocycles. The molecule has 5 nitrogen and oxygen atoms in total. The summed E-state index contributed by atoms with van der Waals surface area (Å²) in [6.45, 7) is 2.73. The van der Waals surface area contributed by atoms with Crippen molar-refractivity contribution in [2.75, 3.05) is 12.3 Å². The van der Waals surface area contributed by atoms with Gasteiger partial charge in [0.15, 0.2) is 0 Å². The maximum absolute atomic E-state index is 12.5. The van der Waals surface area contributed by atoms with E-state index in [1.807, 2.05) is 24.4 Å². The molecule has 0 unspecified atom stereocenters. The number of fused-ring (bicyclic) bond motifs is 1. The Balaban J connectivity index is 1.35. The summed E-state index contributed by atoms with van der Waals surface area (Å²) in [6, 6.07) is 6.09. The number of aromatic nitrogens is 2. The maximum Gasteiger partial charge on any atom is 0.293 e. The molecular formula is C23H31N3O2S2. The lowest BCUT2D eigenvalue weighted by molar-refractivity contribution is -0.122. The lowest BCUT2D eigenvalue weighted by Crippen LogP contribution is -2.29. The Hall–Kier alpha value is -1.73. The highest BCUT2D eigenvalue weighted by atomic mass is 32.2. The number of unbranched alkanes of at least 4 members (excludes halogenated alkanes) is 7. The van der Waals surface area contributed by atoms with Crippen molar-refractivity contribution in [1.29, 1.82) is 0 Å². The summed E-state index contributed by atoms with van der Waals surface area (Å²) in [6.07, 6.45) is 15.8. The largest absolute Gasteiger partial charge is 0.294 e. The van der Waals surface area contributed by atoms with Gasteiger partial charge in [0.05, 0.1) is 9.93 Å². The van der Waals surface area contributed by atoms with Gasteiger partial charge in [0.2, 0.25) is 0 Å². The van der Waals surface area contributed by atoms with Gasteiger partial charge in [0.1, 0.15) is 5.65 Å². The van der Waals surface area contributed by atoms with Crippen LogP contribution in [0.4, 0.5) is 4.79 Å². The Morgan fingerprint density at radius 3 is 2.77 bits per heavy atom. The monoisotopic (exact) mass is 445 g/mol. The number of imide groups is 1. The minimum atomic E-state index is -0.120. The first-order chi connectivity index (χ1) is 14.7. The number of pyridine rings is 1. The molecule has 1 aliphatic heterocycles. The fraction of sp³-hybridized carbons (Fsp3) is 0.522.